The van der Waals surface area contributed by atoms with Gasteiger partial charge in [0.1, 0.15) is 0 Å². The molecular formula is C17H18N2O. The lowest BCUT2D eigenvalue weighted by Crippen LogP contribution is -2.28. The van der Waals surface area contributed by atoms with Crippen molar-refractivity contribution in [2.24, 2.45) is 0 Å². The number of benzene rings is 2. The van der Waals surface area contributed by atoms with Crippen LogP contribution in [0.25, 0.3) is 0 Å². The molecule has 2 aromatic rings. The molecule has 0 radical (unpaired) electrons. The number of nitrogens with zero attached hydrogens (tertiary/aromatic N) is 1. The lowest BCUT2D eigenvalue weighted by molar-refractivity contribution is 0.0791. The molecule has 0 saturated carbocycles. The van der Waals surface area contributed by atoms with Crippen LogP contribution in [0.3, 0.4) is 0 Å². The van der Waals surface area contributed by atoms with Gasteiger partial charge in [-0.1, -0.05) is 30.3 Å². The van der Waals surface area contributed by atoms with Crippen molar-refractivity contribution in [2.75, 3.05) is 18.8 Å². The largest absolute Gasteiger partial charge is 0.399 e. The fraction of sp³-hybridized carbons (Fsp3) is 0.235. The summed E-state index contributed by atoms with van der Waals surface area (Å²) in [7, 11) is 0. The molecule has 20 heavy (non-hydrogen) atoms. The van der Waals surface area contributed by atoms with Crippen molar-refractivity contribution in [2.45, 2.75) is 12.3 Å². The second-order valence-corrected chi connectivity index (χ2v) is 5.27. The first-order chi connectivity index (χ1) is 9.74. The molecule has 1 atom stereocenters. The van der Waals surface area contributed by atoms with Crippen molar-refractivity contribution in [1.29, 1.82) is 0 Å². The number of hydrogen-bond donors (Lipinski definition) is 1. The summed E-state index contributed by atoms with van der Waals surface area (Å²) in [4.78, 5) is 14.4. The summed E-state index contributed by atoms with van der Waals surface area (Å²) >= 11 is 0. The number of likely N-dealkylation sites (tertiary alicyclic amines) is 1. The average Bonchev–Trinajstić information content (AvgIpc) is 2.98. The van der Waals surface area contributed by atoms with Crippen molar-refractivity contribution < 1.29 is 4.79 Å². The molecule has 3 heteroatoms. The Morgan fingerprint density at radius 1 is 1.05 bits per heavy atom. The Morgan fingerprint density at radius 3 is 2.45 bits per heavy atom. The van der Waals surface area contributed by atoms with Gasteiger partial charge in [0, 0.05) is 30.3 Å². The zero-order valence-electron chi connectivity index (χ0n) is 11.3. The summed E-state index contributed by atoms with van der Waals surface area (Å²) in [5, 5.41) is 0. The van der Waals surface area contributed by atoms with E-state index < -0.39 is 0 Å². The number of anilines is 1. The highest BCUT2D eigenvalue weighted by atomic mass is 16.2. The van der Waals surface area contributed by atoms with Gasteiger partial charge in [-0.15, -0.1) is 0 Å². The Bertz CT molecular complexity index is 592. The van der Waals surface area contributed by atoms with Crippen LogP contribution in [-0.4, -0.2) is 23.9 Å². The van der Waals surface area contributed by atoms with Gasteiger partial charge in [0.15, 0.2) is 0 Å². The molecule has 1 amide bonds. The van der Waals surface area contributed by atoms with Crippen LogP contribution >= 0.6 is 0 Å². The van der Waals surface area contributed by atoms with Gasteiger partial charge >= 0.3 is 0 Å². The van der Waals surface area contributed by atoms with E-state index in [1.165, 1.54) is 5.56 Å². The fourth-order valence-corrected chi connectivity index (χ4v) is 2.75. The maximum absolute atomic E-state index is 12.4. The van der Waals surface area contributed by atoms with Gasteiger partial charge in [-0.25, -0.2) is 0 Å². The van der Waals surface area contributed by atoms with Crippen molar-refractivity contribution in [1.82, 2.24) is 4.90 Å². The molecular weight excluding hydrogens is 248 g/mol. The Labute approximate surface area is 119 Å². The molecule has 0 spiro atoms. The average molecular weight is 266 g/mol. The van der Waals surface area contributed by atoms with Crippen LogP contribution in [0.5, 0.6) is 0 Å². The quantitative estimate of drug-likeness (QED) is 0.850. The molecule has 2 aromatic carbocycles. The maximum atomic E-state index is 12.4. The number of amides is 1. The minimum absolute atomic E-state index is 0.100. The summed E-state index contributed by atoms with van der Waals surface area (Å²) in [5.74, 6) is 0.553. The van der Waals surface area contributed by atoms with Crippen LogP contribution in [0, 0.1) is 0 Å². The number of rotatable bonds is 2. The molecule has 1 fully saturated rings. The lowest BCUT2D eigenvalue weighted by Gasteiger charge is -2.17. The number of carbonyl (C=O) groups excluding carboxylic acids is 1. The highest BCUT2D eigenvalue weighted by Crippen LogP contribution is 2.27. The standard InChI is InChI=1S/C17H18N2O/c18-16-8-6-14(7-9-16)17(20)19-11-10-15(12-19)13-4-2-1-3-5-13/h1-9,15H,10-12,18H2/t15-/m0/s1. The third-order valence-corrected chi connectivity index (χ3v) is 3.90. The smallest absolute Gasteiger partial charge is 0.253 e. The Balaban J connectivity index is 1.71. The molecule has 0 aliphatic carbocycles. The summed E-state index contributed by atoms with van der Waals surface area (Å²) in [5.41, 5.74) is 8.37. The van der Waals surface area contributed by atoms with Crippen molar-refractivity contribution in [3.63, 3.8) is 0 Å². The van der Waals surface area contributed by atoms with Crippen molar-refractivity contribution in [3.05, 3.63) is 65.7 Å². The number of nitrogen functional groups attached to an aromatic ring is 1. The van der Waals surface area contributed by atoms with Crippen LogP contribution in [0.1, 0.15) is 28.3 Å². The van der Waals surface area contributed by atoms with Crippen molar-refractivity contribution in [3.8, 4) is 0 Å². The monoisotopic (exact) mass is 266 g/mol. The van der Waals surface area contributed by atoms with Gasteiger partial charge in [0.25, 0.3) is 5.91 Å². The van der Waals surface area contributed by atoms with Crippen molar-refractivity contribution >= 4 is 11.6 Å². The maximum Gasteiger partial charge on any atom is 0.253 e. The highest BCUT2D eigenvalue weighted by molar-refractivity contribution is 5.94. The molecule has 0 unspecified atom stereocenters. The van der Waals surface area contributed by atoms with Gasteiger partial charge in [-0.05, 0) is 36.2 Å². The molecule has 1 aliphatic heterocycles. The van der Waals surface area contributed by atoms with E-state index in [2.05, 4.69) is 24.3 Å². The predicted molar refractivity (Wildman–Crippen MR) is 80.6 cm³/mol. The molecule has 1 saturated heterocycles. The van der Waals surface area contributed by atoms with Gasteiger partial charge in [-0.3, -0.25) is 4.79 Å². The molecule has 1 aliphatic rings. The van der Waals surface area contributed by atoms with Crippen LogP contribution in [0.15, 0.2) is 54.6 Å². The first-order valence-corrected chi connectivity index (χ1v) is 6.94. The number of nitrogens with two attached hydrogens (primary N) is 1. The SMILES string of the molecule is Nc1ccc(C(=O)N2CC[C@H](c3ccccc3)C2)cc1. The summed E-state index contributed by atoms with van der Waals surface area (Å²) in [6.07, 6.45) is 1.03. The molecule has 3 nitrogen and oxygen atoms in total. The van der Waals surface area contributed by atoms with E-state index in [1.54, 1.807) is 24.3 Å². The first kappa shape index (κ1) is 12.7. The van der Waals surface area contributed by atoms with E-state index in [9.17, 15) is 4.79 Å². The predicted octanol–water partition coefficient (Wildman–Crippen LogP) is 2.90. The summed E-state index contributed by atoms with van der Waals surface area (Å²) in [6, 6.07) is 17.6. The van der Waals surface area contributed by atoms with E-state index in [4.69, 9.17) is 5.73 Å². The van der Waals surface area contributed by atoms with Gasteiger partial charge in [-0.2, -0.15) is 0 Å². The van der Waals surface area contributed by atoms with E-state index >= 15 is 0 Å². The molecule has 3 rings (SSSR count). The molecule has 1 heterocycles. The van der Waals surface area contributed by atoms with Crippen LogP contribution in [0.2, 0.25) is 0 Å². The molecule has 0 bridgehead atoms. The highest BCUT2D eigenvalue weighted by Gasteiger charge is 2.27. The van der Waals surface area contributed by atoms with E-state index in [-0.39, 0.29) is 5.91 Å². The van der Waals surface area contributed by atoms with E-state index in [1.807, 2.05) is 11.0 Å². The van der Waals surface area contributed by atoms with Gasteiger partial charge in [0.2, 0.25) is 0 Å². The zero-order valence-corrected chi connectivity index (χ0v) is 11.3. The number of carbonyl (C=O) groups is 1. The zero-order chi connectivity index (χ0) is 13.9. The fourth-order valence-electron chi connectivity index (χ4n) is 2.75. The van der Waals surface area contributed by atoms with Gasteiger partial charge in [0.05, 0.1) is 0 Å². The second-order valence-electron chi connectivity index (χ2n) is 5.27. The first-order valence-electron chi connectivity index (χ1n) is 6.94. The molecule has 2 N–H and O–H groups in total. The lowest BCUT2D eigenvalue weighted by atomic mass is 9.99. The van der Waals surface area contributed by atoms with Crippen LogP contribution < -0.4 is 5.73 Å². The van der Waals surface area contributed by atoms with E-state index in [0.717, 1.165) is 19.5 Å². The minimum Gasteiger partial charge on any atom is -0.399 e. The van der Waals surface area contributed by atoms with Gasteiger partial charge < -0.3 is 10.6 Å². The Kier molecular flexibility index (Phi) is 3.42. The Morgan fingerprint density at radius 2 is 1.75 bits per heavy atom. The van der Waals surface area contributed by atoms with E-state index in [0.29, 0.717) is 17.2 Å². The molecule has 0 aromatic heterocycles. The normalized spacial score (nSPS) is 18.2. The van der Waals surface area contributed by atoms with Crippen LogP contribution in [-0.2, 0) is 0 Å². The topological polar surface area (TPSA) is 46.3 Å². The molecule has 102 valence electrons. The summed E-state index contributed by atoms with van der Waals surface area (Å²) in [6.45, 7) is 1.62. The number of hydrogen-bond acceptors (Lipinski definition) is 2. The summed E-state index contributed by atoms with van der Waals surface area (Å²) < 4.78 is 0. The minimum atomic E-state index is 0.100. The third kappa shape index (κ3) is 2.52. The second kappa shape index (κ2) is 5.37. The third-order valence-electron chi connectivity index (χ3n) is 3.90. The van der Waals surface area contributed by atoms with Crippen LogP contribution in [0.4, 0.5) is 5.69 Å². The Hall–Kier alpha value is -2.29.